The lowest BCUT2D eigenvalue weighted by Crippen LogP contribution is -2.48. The number of nitrogens with one attached hydrogen (secondary N) is 1. The number of Topliss-reactive ketones (excluding diaryl/α,β-unsaturated/α-hetero) is 2. The van der Waals surface area contributed by atoms with E-state index < -0.39 is 17.4 Å². The van der Waals surface area contributed by atoms with E-state index in [4.69, 9.17) is 11.6 Å². The van der Waals surface area contributed by atoms with Crippen molar-refractivity contribution in [1.82, 2.24) is 0 Å². The predicted octanol–water partition coefficient (Wildman–Crippen LogP) is 5.05. The number of hydrogen-bond donors (Lipinski definition) is 2. The fraction of sp³-hybridized carbons (Fsp3) is 0.333. The van der Waals surface area contributed by atoms with Crippen LogP contribution in [0.15, 0.2) is 59.8 Å². The van der Waals surface area contributed by atoms with Crippen molar-refractivity contribution in [3.05, 3.63) is 76.0 Å². The number of benzene rings is 2. The first-order valence-corrected chi connectivity index (χ1v) is 10.0. The standard InChI is InChI=1S/C24H26ClNO3/c1-14-5-11-19(12-6-14)26-20-13-24(4,29)23(16(3)28)22(21(20)15(2)27)17-7-9-18(25)10-8-17/h5-12,22-23,26,29H,13H2,1-4H3/t22-,23+,24-/m0/s1. The molecular weight excluding hydrogens is 386 g/mol. The minimum atomic E-state index is -1.30. The van der Waals surface area contributed by atoms with Crippen LogP contribution < -0.4 is 5.32 Å². The summed E-state index contributed by atoms with van der Waals surface area (Å²) in [6, 6.07) is 14.9. The van der Waals surface area contributed by atoms with Crippen LogP contribution in [0.4, 0.5) is 5.69 Å². The van der Waals surface area contributed by atoms with Crippen LogP contribution in [0, 0.1) is 12.8 Å². The number of carbonyl (C=O) groups is 2. The summed E-state index contributed by atoms with van der Waals surface area (Å²) in [5.41, 5.74) is 2.60. The molecular formula is C24H26ClNO3. The quantitative estimate of drug-likeness (QED) is 0.722. The Hall–Kier alpha value is -2.43. The monoisotopic (exact) mass is 411 g/mol. The third-order valence-electron chi connectivity index (χ3n) is 5.57. The van der Waals surface area contributed by atoms with Gasteiger partial charge in [-0.1, -0.05) is 41.4 Å². The Morgan fingerprint density at radius 3 is 2.17 bits per heavy atom. The topological polar surface area (TPSA) is 66.4 Å². The van der Waals surface area contributed by atoms with Gasteiger partial charge in [-0.3, -0.25) is 9.59 Å². The molecule has 1 aliphatic carbocycles. The molecule has 0 aromatic heterocycles. The second-order valence-corrected chi connectivity index (χ2v) is 8.53. The summed E-state index contributed by atoms with van der Waals surface area (Å²) < 4.78 is 0. The van der Waals surface area contributed by atoms with E-state index in [1.165, 1.54) is 13.8 Å². The van der Waals surface area contributed by atoms with E-state index in [0.29, 0.717) is 16.3 Å². The number of allylic oxidation sites excluding steroid dienone is 1. The second-order valence-electron chi connectivity index (χ2n) is 8.09. The first-order valence-electron chi connectivity index (χ1n) is 9.66. The van der Waals surface area contributed by atoms with Gasteiger partial charge in [0, 0.05) is 34.3 Å². The van der Waals surface area contributed by atoms with Crippen LogP contribution in [0.3, 0.4) is 0 Å². The van der Waals surface area contributed by atoms with Gasteiger partial charge in [-0.2, -0.15) is 0 Å². The predicted molar refractivity (Wildman–Crippen MR) is 116 cm³/mol. The molecule has 0 unspecified atom stereocenters. The highest BCUT2D eigenvalue weighted by molar-refractivity contribution is 6.30. The molecule has 2 aromatic rings. The molecule has 3 atom stereocenters. The zero-order valence-electron chi connectivity index (χ0n) is 17.1. The fourth-order valence-corrected chi connectivity index (χ4v) is 4.46. The number of anilines is 1. The van der Waals surface area contributed by atoms with Crippen LogP contribution in [-0.4, -0.2) is 22.3 Å². The molecule has 0 amide bonds. The van der Waals surface area contributed by atoms with Gasteiger partial charge in [0.25, 0.3) is 0 Å². The highest BCUT2D eigenvalue weighted by Crippen LogP contribution is 2.47. The van der Waals surface area contributed by atoms with Gasteiger partial charge < -0.3 is 10.4 Å². The lowest BCUT2D eigenvalue weighted by Gasteiger charge is -2.43. The van der Waals surface area contributed by atoms with Gasteiger partial charge in [0.2, 0.25) is 0 Å². The largest absolute Gasteiger partial charge is 0.389 e. The molecule has 0 fully saturated rings. The average molecular weight is 412 g/mol. The second kappa shape index (κ2) is 8.13. The van der Waals surface area contributed by atoms with Gasteiger partial charge in [-0.15, -0.1) is 0 Å². The van der Waals surface area contributed by atoms with Crippen LogP contribution in [0.1, 0.15) is 44.2 Å². The summed E-state index contributed by atoms with van der Waals surface area (Å²) in [6.45, 7) is 6.64. The first kappa shape index (κ1) is 21.3. The Bertz CT molecular complexity index is 959. The Kier molecular flexibility index (Phi) is 5.97. The molecule has 2 N–H and O–H groups in total. The SMILES string of the molecule is CC(=O)C1=C(Nc2ccc(C)cc2)C[C@](C)(O)[C@H](C(C)=O)[C@H]1c1ccc(Cl)cc1. The summed E-state index contributed by atoms with van der Waals surface area (Å²) in [7, 11) is 0. The molecule has 0 radical (unpaired) electrons. The summed E-state index contributed by atoms with van der Waals surface area (Å²) in [5, 5.41) is 15.1. The van der Waals surface area contributed by atoms with Crippen molar-refractivity contribution in [2.45, 2.75) is 45.6 Å². The van der Waals surface area contributed by atoms with E-state index in [9.17, 15) is 14.7 Å². The zero-order chi connectivity index (χ0) is 21.3. The molecule has 0 heterocycles. The maximum atomic E-state index is 12.8. The van der Waals surface area contributed by atoms with E-state index in [-0.39, 0.29) is 18.0 Å². The number of aliphatic hydroxyl groups is 1. The Balaban J connectivity index is 2.19. The van der Waals surface area contributed by atoms with E-state index in [1.807, 2.05) is 43.3 Å². The van der Waals surface area contributed by atoms with Crippen molar-refractivity contribution in [2.24, 2.45) is 5.92 Å². The lowest BCUT2D eigenvalue weighted by atomic mass is 9.64. The number of aryl methyl sites for hydroxylation is 1. The summed E-state index contributed by atoms with van der Waals surface area (Å²) in [6.07, 6.45) is 0.185. The fourth-order valence-electron chi connectivity index (χ4n) is 4.33. The molecule has 1 aliphatic rings. The minimum absolute atomic E-state index is 0.124. The molecule has 0 aliphatic heterocycles. The maximum absolute atomic E-state index is 12.8. The normalized spacial score (nSPS) is 24.3. The van der Waals surface area contributed by atoms with Gasteiger partial charge in [-0.25, -0.2) is 0 Å². The number of halogens is 1. The molecule has 5 heteroatoms. The van der Waals surface area contributed by atoms with Crippen LogP contribution in [0.2, 0.25) is 5.02 Å². The van der Waals surface area contributed by atoms with E-state index in [0.717, 1.165) is 16.8 Å². The Labute approximate surface area is 176 Å². The molecule has 0 saturated carbocycles. The maximum Gasteiger partial charge on any atom is 0.158 e. The van der Waals surface area contributed by atoms with Gasteiger partial charge in [0.1, 0.15) is 5.78 Å². The summed E-state index contributed by atoms with van der Waals surface area (Å²) in [4.78, 5) is 25.4. The summed E-state index contributed by atoms with van der Waals surface area (Å²) >= 11 is 6.05. The van der Waals surface area contributed by atoms with Crippen molar-refractivity contribution in [3.8, 4) is 0 Å². The summed E-state index contributed by atoms with van der Waals surface area (Å²) in [5.74, 6) is -1.56. The van der Waals surface area contributed by atoms with Gasteiger partial charge in [0.05, 0.1) is 11.5 Å². The van der Waals surface area contributed by atoms with Crippen LogP contribution in [0.5, 0.6) is 0 Å². The highest BCUT2D eigenvalue weighted by Gasteiger charge is 2.49. The van der Waals surface area contributed by atoms with E-state index in [1.54, 1.807) is 19.1 Å². The van der Waals surface area contributed by atoms with Crippen molar-refractivity contribution in [3.63, 3.8) is 0 Å². The van der Waals surface area contributed by atoms with Crippen molar-refractivity contribution >= 4 is 28.9 Å². The minimum Gasteiger partial charge on any atom is -0.389 e. The van der Waals surface area contributed by atoms with Gasteiger partial charge >= 0.3 is 0 Å². The van der Waals surface area contributed by atoms with Crippen molar-refractivity contribution < 1.29 is 14.7 Å². The van der Waals surface area contributed by atoms with E-state index >= 15 is 0 Å². The first-order chi connectivity index (χ1) is 13.6. The number of ketones is 2. The molecule has 29 heavy (non-hydrogen) atoms. The molecule has 0 saturated heterocycles. The highest BCUT2D eigenvalue weighted by atomic mass is 35.5. The van der Waals surface area contributed by atoms with Crippen LogP contribution in [-0.2, 0) is 9.59 Å². The third-order valence-corrected chi connectivity index (χ3v) is 5.82. The van der Waals surface area contributed by atoms with Crippen molar-refractivity contribution in [1.29, 1.82) is 0 Å². The van der Waals surface area contributed by atoms with Crippen LogP contribution in [0.25, 0.3) is 0 Å². The lowest BCUT2D eigenvalue weighted by molar-refractivity contribution is -0.131. The number of rotatable bonds is 5. The Morgan fingerprint density at radius 2 is 1.66 bits per heavy atom. The van der Waals surface area contributed by atoms with E-state index in [2.05, 4.69) is 5.32 Å². The number of hydrogen-bond acceptors (Lipinski definition) is 4. The third kappa shape index (κ3) is 4.44. The van der Waals surface area contributed by atoms with Gasteiger partial charge in [0.15, 0.2) is 5.78 Å². The average Bonchev–Trinajstić information content (AvgIpc) is 2.62. The number of carbonyl (C=O) groups excluding carboxylic acids is 2. The smallest absolute Gasteiger partial charge is 0.158 e. The Morgan fingerprint density at radius 1 is 1.07 bits per heavy atom. The van der Waals surface area contributed by atoms with Crippen LogP contribution >= 0.6 is 11.6 Å². The molecule has 0 spiro atoms. The van der Waals surface area contributed by atoms with Crippen molar-refractivity contribution in [2.75, 3.05) is 5.32 Å². The zero-order valence-corrected chi connectivity index (χ0v) is 17.9. The molecule has 0 bridgehead atoms. The molecule has 152 valence electrons. The molecule has 4 nitrogen and oxygen atoms in total. The van der Waals surface area contributed by atoms with Gasteiger partial charge in [-0.05, 0) is 57.5 Å². The molecule has 3 rings (SSSR count). The molecule has 2 aromatic carbocycles.